The van der Waals surface area contributed by atoms with E-state index in [0.717, 1.165) is 39.0 Å². The van der Waals surface area contributed by atoms with E-state index in [1.807, 2.05) is 35.2 Å². The first-order chi connectivity index (χ1) is 14.9. The van der Waals surface area contributed by atoms with Crippen LogP contribution in [0.5, 0.6) is 0 Å². The number of piperidine rings is 1. The Morgan fingerprint density at radius 1 is 0.935 bits per heavy atom. The van der Waals surface area contributed by atoms with Crippen LogP contribution in [0.15, 0.2) is 30.3 Å². The summed E-state index contributed by atoms with van der Waals surface area (Å²) in [6, 6.07) is 9.50. The van der Waals surface area contributed by atoms with Crippen LogP contribution in [0, 0.1) is 0 Å². The maximum absolute atomic E-state index is 12.7. The van der Waals surface area contributed by atoms with Crippen LogP contribution in [-0.4, -0.2) is 104 Å². The Balaban J connectivity index is 1.16. The van der Waals surface area contributed by atoms with Crippen LogP contribution >= 0.6 is 0 Å². The molecule has 8 nitrogen and oxygen atoms in total. The van der Waals surface area contributed by atoms with E-state index in [-0.39, 0.29) is 29.7 Å². The van der Waals surface area contributed by atoms with Gasteiger partial charge in [-0.05, 0) is 31.4 Å². The summed E-state index contributed by atoms with van der Waals surface area (Å²) >= 11 is 0. The number of likely N-dealkylation sites (tertiary alicyclic amines) is 1. The molecule has 3 aliphatic heterocycles. The van der Waals surface area contributed by atoms with Crippen LogP contribution in [0.25, 0.3) is 0 Å². The zero-order valence-electron chi connectivity index (χ0n) is 17.9. The number of rotatable bonds is 5. The van der Waals surface area contributed by atoms with Crippen LogP contribution in [0.2, 0.25) is 0 Å². The third kappa shape index (κ3) is 5.84. The van der Waals surface area contributed by atoms with E-state index in [9.17, 15) is 18.0 Å². The predicted molar refractivity (Wildman–Crippen MR) is 119 cm³/mol. The first kappa shape index (κ1) is 22.2. The van der Waals surface area contributed by atoms with Crippen LogP contribution in [0.3, 0.4) is 0 Å². The molecule has 1 unspecified atom stereocenters. The van der Waals surface area contributed by atoms with Gasteiger partial charge in [0.1, 0.15) is 0 Å². The van der Waals surface area contributed by atoms with Gasteiger partial charge in [0.2, 0.25) is 5.91 Å². The highest BCUT2D eigenvalue weighted by atomic mass is 32.2. The van der Waals surface area contributed by atoms with Crippen LogP contribution < -0.4 is 5.32 Å². The first-order valence-electron chi connectivity index (χ1n) is 11.2. The van der Waals surface area contributed by atoms with Crippen LogP contribution in [0.1, 0.15) is 29.6 Å². The summed E-state index contributed by atoms with van der Waals surface area (Å²) in [6.45, 7) is 4.84. The van der Waals surface area contributed by atoms with Gasteiger partial charge in [-0.15, -0.1) is 0 Å². The Kier molecular flexibility index (Phi) is 6.93. The Morgan fingerprint density at radius 2 is 1.61 bits per heavy atom. The lowest BCUT2D eigenvalue weighted by Crippen LogP contribution is -2.54. The largest absolute Gasteiger partial charge is 0.349 e. The number of carbonyl (C=O) groups excluding carboxylic acids is 2. The van der Waals surface area contributed by atoms with Gasteiger partial charge >= 0.3 is 0 Å². The Morgan fingerprint density at radius 3 is 2.23 bits per heavy atom. The Labute approximate surface area is 184 Å². The van der Waals surface area contributed by atoms with Gasteiger partial charge in [0.05, 0.1) is 18.1 Å². The SMILES string of the molecule is O=C(NC1CCN(CC(=O)N2CCN(C3CCS(=O)(=O)C3)CC2)CC1)c1ccccc1. The number of nitrogens with zero attached hydrogens (tertiary/aromatic N) is 3. The van der Waals surface area contributed by atoms with Crippen molar-refractivity contribution in [2.45, 2.75) is 31.3 Å². The van der Waals surface area contributed by atoms with Gasteiger partial charge in [-0.25, -0.2) is 8.42 Å². The monoisotopic (exact) mass is 448 g/mol. The van der Waals surface area contributed by atoms with Gasteiger partial charge < -0.3 is 10.2 Å². The molecule has 1 atom stereocenters. The second-order valence-electron chi connectivity index (χ2n) is 8.86. The molecule has 0 spiro atoms. The standard InChI is InChI=1S/C22H32N4O4S/c27-21(26-13-11-25(12-14-26)20-8-15-31(29,30)17-20)16-24-9-6-19(7-10-24)23-22(28)18-4-2-1-3-5-18/h1-5,19-20H,6-17H2,(H,23,28). The molecule has 9 heteroatoms. The second kappa shape index (κ2) is 9.67. The van der Waals surface area contributed by atoms with Crippen molar-refractivity contribution in [3.8, 4) is 0 Å². The third-order valence-electron chi connectivity index (χ3n) is 6.71. The first-order valence-corrected chi connectivity index (χ1v) is 13.0. The molecule has 3 heterocycles. The van der Waals surface area contributed by atoms with Crippen molar-refractivity contribution in [2.24, 2.45) is 0 Å². The zero-order chi connectivity index (χ0) is 21.8. The molecule has 3 fully saturated rings. The number of carbonyl (C=O) groups is 2. The molecule has 1 N–H and O–H groups in total. The van der Waals surface area contributed by atoms with Crippen molar-refractivity contribution in [1.29, 1.82) is 0 Å². The summed E-state index contributed by atoms with van der Waals surface area (Å²) < 4.78 is 23.4. The molecule has 1 aromatic rings. The highest BCUT2D eigenvalue weighted by Gasteiger charge is 2.34. The number of piperazine rings is 1. The van der Waals surface area contributed by atoms with E-state index in [0.29, 0.717) is 37.4 Å². The third-order valence-corrected chi connectivity index (χ3v) is 8.46. The highest BCUT2D eigenvalue weighted by molar-refractivity contribution is 7.91. The fraction of sp³-hybridized carbons (Fsp3) is 0.636. The molecule has 2 amide bonds. The van der Waals surface area contributed by atoms with E-state index < -0.39 is 9.84 Å². The molecule has 3 aliphatic rings. The highest BCUT2D eigenvalue weighted by Crippen LogP contribution is 2.19. The smallest absolute Gasteiger partial charge is 0.251 e. The summed E-state index contributed by atoms with van der Waals surface area (Å²) in [5.41, 5.74) is 0.675. The summed E-state index contributed by atoms with van der Waals surface area (Å²) in [5.74, 6) is 0.656. The van der Waals surface area contributed by atoms with Gasteiger partial charge in [0.25, 0.3) is 5.91 Å². The minimum absolute atomic E-state index is 0.0388. The Hall–Kier alpha value is -1.97. The number of nitrogens with one attached hydrogen (secondary N) is 1. The van der Waals surface area contributed by atoms with Gasteiger partial charge in [-0.3, -0.25) is 19.4 Å². The molecule has 0 aromatic heterocycles. The van der Waals surface area contributed by atoms with Gasteiger partial charge in [-0.2, -0.15) is 0 Å². The molecule has 1 aromatic carbocycles. The molecular weight excluding hydrogens is 416 g/mol. The van der Waals surface area contributed by atoms with Crippen molar-refractivity contribution in [3.05, 3.63) is 35.9 Å². The summed E-state index contributed by atoms with van der Waals surface area (Å²) in [6.07, 6.45) is 2.40. The van der Waals surface area contributed by atoms with E-state index in [1.54, 1.807) is 0 Å². The zero-order valence-corrected chi connectivity index (χ0v) is 18.7. The van der Waals surface area contributed by atoms with E-state index in [1.165, 1.54) is 0 Å². The summed E-state index contributed by atoms with van der Waals surface area (Å²) in [7, 11) is -2.88. The van der Waals surface area contributed by atoms with Crippen molar-refractivity contribution >= 4 is 21.7 Å². The molecular formula is C22H32N4O4S. The maximum atomic E-state index is 12.7. The quantitative estimate of drug-likeness (QED) is 0.693. The average Bonchev–Trinajstić information content (AvgIpc) is 3.15. The molecule has 0 bridgehead atoms. The minimum atomic E-state index is -2.88. The van der Waals surface area contributed by atoms with Crippen molar-refractivity contribution < 1.29 is 18.0 Å². The Bertz CT molecular complexity index is 876. The van der Waals surface area contributed by atoms with Crippen LogP contribution in [-0.2, 0) is 14.6 Å². The molecule has 31 heavy (non-hydrogen) atoms. The molecule has 4 rings (SSSR count). The van der Waals surface area contributed by atoms with Crippen LogP contribution in [0.4, 0.5) is 0 Å². The molecule has 3 saturated heterocycles. The van der Waals surface area contributed by atoms with Crippen molar-refractivity contribution in [3.63, 3.8) is 0 Å². The molecule has 0 saturated carbocycles. The lowest BCUT2D eigenvalue weighted by atomic mass is 10.0. The summed E-state index contributed by atoms with van der Waals surface area (Å²) in [4.78, 5) is 31.4. The normalized spacial score (nSPS) is 25.4. The van der Waals surface area contributed by atoms with Crippen molar-refractivity contribution in [2.75, 3.05) is 57.3 Å². The number of hydrogen-bond acceptors (Lipinski definition) is 6. The fourth-order valence-electron chi connectivity index (χ4n) is 4.78. The van der Waals surface area contributed by atoms with E-state index in [2.05, 4.69) is 15.1 Å². The van der Waals surface area contributed by atoms with Gasteiger partial charge in [-0.1, -0.05) is 18.2 Å². The topological polar surface area (TPSA) is 90.0 Å². The van der Waals surface area contributed by atoms with Gasteiger partial charge in [0, 0.05) is 56.9 Å². The molecule has 0 radical (unpaired) electrons. The van der Waals surface area contributed by atoms with Crippen molar-refractivity contribution in [1.82, 2.24) is 20.0 Å². The number of benzene rings is 1. The predicted octanol–water partition coefficient (Wildman–Crippen LogP) is 0.212. The minimum Gasteiger partial charge on any atom is -0.349 e. The van der Waals surface area contributed by atoms with E-state index >= 15 is 0 Å². The number of sulfone groups is 1. The van der Waals surface area contributed by atoms with E-state index in [4.69, 9.17) is 0 Å². The summed E-state index contributed by atoms with van der Waals surface area (Å²) in [5, 5.41) is 3.10. The molecule has 0 aliphatic carbocycles. The molecule has 170 valence electrons. The average molecular weight is 449 g/mol. The number of amides is 2. The fourth-order valence-corrected chi connectivity index (χ4v) is 6.55. The lowest BCUT2D eigenvalue weighted by molar-refractivity contribution is -0.134. The number of hydrogen-bond donors (Lipinski definition) is 1. The second-order valence-corrected chi connectivity index (χ2v) is 11.1. The van der Waals surface area contributed by atoms with Gasteiger partial charge in [0.15, 0.2) is 9.84 Å². The maximum Gasteiger partial charge on any atom is 0.251 e. The lowest BCUT2D eigenvalue weighted by Gasteiger charge is -2.39.